The number of hydrogen-bond donors (Lipinski definition) is 3. The lowest BCUT2D eigenvalue weighted by Crippen LogP contribution is -2.44. The van der Waals surface area contributed by atoms with Gasteiger partial charge in [0.25, 0.3) is 0 Å². The van der Waals surface area contributed by atoms with E-state index in [0.29, 0.717) is 63.2 Å². The Bertz CT molecular complexity index is 1210. The highest BCUT2D eigenvalue weighted by molar-refractivity contribution is 6.39. The molecule has 3 N–H and O–H groups in total. The van der Waals surface area contributed by atoms with Crippen LogP contribution >= 0.6 is 0 Å². The Morgan fingerprint density at radius 3 is 2.28 bits per heavy atom. The molecule has 3 aliphatic heterocycles. The molecule has 5 rings (SSSR count). The molecule has 0 aromatic heterocycles. The van der Waals surface area contributed by atoms with Gasteiger partial charge in [-0.1, -0.05) is 0 Å². The number of aryl methyl sites for hydroxylation is 1. The third-order valence-electron chi connectivity index (χ3n) is 7.06. The highest BCUT2D eigenvalue weighted by atomic mass is 19.1. The van der Waals surface area contributed by atoms with Crippen molar-refractivity contribution in [2.24, 2.45) is 5.92 Å². The van der Waals surface area contributed by atoms with Crippen molar-refractivity contribution in [3.8, 4) is 0 Å². The van der Waals surface area contributed by atoms with Crippen molar-refractivity contribution in [1.82, 2.24) is 10.2 Å². The lowest BCUT2D eigenvalue weighted by atomic mass is 9.97. The van der Waals surface area contributed by atoms with Gasteiger partial charge in [0.05, 0.1) is 5.69 Å². The molecule has 1 saturated heterocycles. The van der Waals surface area contributed by atoms with Crippen LogP contribution in [0, 0.1) is 11.7 Å². The highest BCUT2D eigenvalue weighted by Gasteiger charge is 2.32. The summed E-state index contributed by atoms with van der Waals surface area (Å²) >= 11 is 0. The van der Waals surface area contributed by atoms with Gasteiger partial charge in [-0.05, 0) is 79.1 Å². The summed E-state index contributed by atoms with van der Waals surface area (Å²) in [4.78, 5) is 52.9. The summed E-state index contributed by atoms with van der Waals surface area (Å²) in [7, 11) is 0. The fourth-order valence-corrected chi connectivity index (χ4v) is 5.11. The maximum absolute atomic E-state index is 13.0. The molecule has 188 valence electrons. The molecule has 0 aliphatic carbocycles. The monoisotopic (exact) mass is 493 g/mol. The van der Waals surface area contributed by atoms with E-state index in [9.17, 15) is 23.6 Å². The van der Waals surface area contributed by atoms with Crippen molar-refractivity contribution in [2.45, 2.75) is 32.1 Å². The number of anilines is 3. The Kier molecular flexibility index (Phi) is 6.58. The van der Waals surface area contributed by atoms with Gasteiger partial charge in [-0.15, -0.1) is 0 Å². The number of carbonyl (C=O) groups is 4. The zero-order valence-electron chi connectivity index (χ0n) is 19.8. The molecule has 0 spiro atoms. The SMILES string of the molecule is O=C(NCC1CCN(C(=O)Nc2ccc(F)cc2)CC1)C(=O)Nc1cc2c3c(c1)CCN3C(=O)CC2. The van der Waals surface area contributed by atoms with Crippen molar-refractivity contribution >= 4 is 40.8 Å². The molecule has 3 heterocycles. The summed E-state index contributed by atoms with van der Waals surface area (Å²) in [6.45, 7) is 2.06. The Morgan fingerprint density at radius 2 is 1.56 bits per heavy atom. The Hall–Kier alpha value is -3.95. The maximum Gasteiger partial charge on any atom is 0.321 e. The molecule has 36 heavy (non-hydrogen) atoms. The number of carbonyl (C=O) groups excluding carboxylic acids is 4. The minimum absolute atomic E-state index is 0.136. The first kappa shape index (κ1) is 23.8. The Labute approximate surface area is 208 Å². The summed E-state index contributed by atoms with van der Waals surface area (Å²) in [6, 6.07) is 9.04. The molecule has 0 atom stereocenters. The van der Waals surface area contributed by atoms with Gasteiger partial charge in [-0.3, -0.25) is 14.4 Å². The van der Waals surface area contributed by atoms with Crippen LogP contribution in [0.15, 0.2) is 36.4 Å². The number of hydrogen-bond acceptors (Lipinski definition) is 4. The van der Waals surface area contributed by atoms with E-state index in [2.05, 4.69) is 16.0 Å². The van der Waals surface area contributed by atoms with Gasteiger partial charge in [-0.2, -0.15) is 0 Å². The lowest BCUT2D eigenvalue weighted by molar-refractivity contribution is -0.136. The average molecular weight is 494 g/mol. The van der Waals surface area contributed by atoms with Crippen LogP contribution in [0.3, 0.4) is 0 Å². The van der Waals surface area contributed by atoms with E-state index in [1.807, 2.05) is 17.0 Å². The number of amides is 5. The first-order chi connectivity index (χ1) is 17.4. The number of likely N-dealkylation sites (tertiary alicyclic amines) is 1. The van der Waals surface area contributed by atoms with Crippen LogP contribution in [0.2, 0.25) is 0 Å². The zero-order valence-corrected chi connectivity index (χ0v) is 19.8. The van der Waals surface area contributed by atoms with Gasteiger partial charge in [-0.25, -0.2) is 9.18 Å². The largest absolute Gasteiger partial charge is 0.348 e. The fraction of sp³-hybridized carbons (Fsp3) is 0.385. The van der Waals surface area contributed by atoms with Crippen LogP contribution in [0.25, 0.3) is 0 Å². The van der Waals surface area contributed by atoms with Crippen molar-refractivity contribution in [3.05, 3.63) is 53.3 Å². The van der Waals surface area contributed by atoms with E-state index in [-0.39, 0.29) is 23.7 Å². The number of piperidine rings is 1. The molecule has 1 fully saturated rings. The third kappa shape index (κ3) is 5.02. The molecular weight excluding hydrogens is 465 g/mol. The minimum Gasteiger partial charge on any atom is -0.348 e. The summed E-state index contributed by atoms with van der Waals surface area (Å²) in [5.41, 5.74) is 4.11. The summed E-state index contributed by atoms with van der Waals surface area (Å²) < 4.78 is 13.0. The van der Waals surface area contributed by atoms with E-state index in [1.54, 1.807) is 4.90 Å². The second-order valence-corrected chi connectivity index (χ2v) is 9.47. The highest BCUT2D eigenvalue weighted by Crippen LogP contribution is 2.38. The van der Waals surface area contributed by atoms with Gasteiger partial charge in [0.15, 0.2) is 0 Å². The number of benzene rings is 2. The summed E-state index contributed by atoms with van der Waals surface area (Å²) in [5.74, 6) is -1.49. The number of nitrogens with one attached hydrogen (secondary N) is 3. The van der Waals surface area contributed by atoms with Crippen molar-refractivity contribution in [2.75, 3.05) is 41.7 Å². The van der Waals surface area contributed by atoms with Crippen LogP contribution in [0.5, 0.6) is 0 Å². The second kappa shape index (κ2) is 9.96. The molecule has 0 bridgehead atoms. The molecule has 5 amide bonds. The van der Waals surface area contributed by atoms with Crippen LogP contribution in [-0.2, 0) is 27.2 Å². The Morgan fingerprint density at radius 1 is 0.861 bits per heavy atom. The second-order valence-electron chi connectivity index (χ2n) is 9.47. The molecule has 2 aromatic rings. The predicted molar refractivity (Wildman–Crippen MR) is 132 cm³/mol. The van der Waals surface area contributed by atoms with Crippen molar-refractivity contribution in [1.29, 1.82) is 0 Å². The minimum atomic E-state index is -0.722. The van der Waals surface area contributed by atoms with E-state index in [4.69, 9.17) is 0 Å². The third-order valence-corrected chi connectivity index (χ3v) is 7.06. The van der Waals surface area contributed by atoms with Gasteiger partial charge in [0.2, 0.25) is 5.91 Å². The number of halogens is 1. The van der Waals surface area contributed by atoms with Crippen molar-refractivity contribution < 1.29 is 23.6 Å². The van der Waals surface area contributed by atoms with E-state index in [1.165, 1.54) is 24.3 Å². The molecular formula is C26H28FN5O4. The smallest absolute Gasteiger partial charge is 0.321 e. The number of nitrogens with zero attached hydrogens (tertiary/aromatic N) is 2. The van der Waals surface area contributed by atoms with Gasteiger partial charge >= 0.3 is 17.8 Å². The molecule has 3 aliphatic rings. The molecule has 0 unspecified atom stereocenters. The standard InChI is InChI=1S/C26H28FN5O4/c27-19-2-4-20(5-3-19)30-26(36)31-10-7-16(8-11-31)15-28-24(34)25(35)29-21-13-17-1-6-22(33)32-12-9-18(14-21)23(17)32/h2-5,13-14,16H,1,6-12,15H2,(H,28,34)(H,29,35)(H,30,36). The molecule has 0 saturated carbocycles. The normalized spacial score (nSPS) is 17.0. The van der Waals surface area contributed by atoms with Crippen LogP contribution < -0.4 is 20.9 Å². The molecule has 10 heteroatoms. The van der Waals surface area contributed by atoms with Gasteiger partial charge < -0.3 is 25.8 Å². The van der Waals surface area contributed by atoms with E-state index >= 15 is 0 Å². The van der Waals surface area contributed by atoms with Gasteiger partial charge in [0.1, 0.15) is 5.82 Å². The maximum atomic E-state index is 13.0. The van der Waals surface area contributed by atoms with E-state index in [0.717, 1.165) is 23.2 Å². The first-order valence-corrected chi connectivity index (χ1v) is 12.2. The quantitative estimate of drug-likeness (QED) is 0.569. The Balaban J connectivity index is 1.07. The number of rotatable bonds is 4. The summed E-state index contributed by atoms with van der Waals surface area (Å²) in [6.07, 6.45) is 3.22. The molecule has 0 radical (unpaired) electrons. The fourth-order valence-electron chi connectivity index (χ4n) is 5.11. The van der Waals surface area contributed by atoms with Crippen LogP contribution in [0.1, 0.15) is 30.4 Å². The molecule has 9 nitrogen and oxygen atoms in total. The van der Waals surface area contributed by atoms with Crippen molar-refractivity contribution in [3.63, 3.8) is 0 Å². The predicted octanol–water partition coefficient (Wildman–Crippen LogP) is 2.66. The first-order valence-electron chi connectivity index (χ1n) is 12.2. The van der Waals surface area contributed by atoms with Crippen LogP contribution in [0.4, 0.5) is 26.2 Å². The zero-order chi connectivity index (χ0) is 25.2. The lowest BCUT2D eigenvalue weighted by Gasteiger charge is -2.32. The van der Waals surface area contributed by atoms with Gasteiger partial charge in [0, 0.05) is 44.0 Å². The average Bonchev–Trinajstić information content (AvgIpc) is 3.31. The number of urea groups is 1. The van der Waals surface area contributed by atoms with Crippen LogP contribution in [-0.4, -0.2) is 54.8 Å². The summed E-state index contributed by atoms with van der Waals surface area (Å²) in [5, 5.41) is 8.15. The topological polar surface area (TPSA) is 111 Å². The van der Waals surface area contributed by atoms with E-state index < -0.39 is 11.8 Å². The molecule has 2 aromatic carbocycles.